The number of thiol groups is 1. The summed E-state index contributed by atoms with van der Waals surface area (Å²) in [4.78, 5) is 11.0. The molecule has 1 aromatic rings. The molecule has 1 N–H and O–H groups in total. The van der Waals surface area contributed by atoms with Crippen LogP contribution in [0.4, 0.5) is 0 Å². The maximum absolute atomic E-state index is 11.0. The van der Waals surface area contributed by atoms with Crippen molar-refractivity contribution in [1.82, 2.24) is 0 Å². The summed E-state index contributed by atoms with van der Waals surface area (Å²) in [5.41, 5.74) is 0.755. The summed E-state index contributed by atoms with van der Waals surface area (Å²) in [6.07, 6.45) is 0.530. The van der Waals surface area contributed by atoms with E-state index in [9.17, 15) is 9.90 Å². The Labute approximate surface area is 89.4 Å². The highest BCUT2D eigenvalue weighted by Gasteiger charge is 2.13. The zero-order valence-electron chi connectivity index (χ0n) is 8.32. The maximum atomic E-state index is 11.0. The zero-order valence-corrected chi connectivity index (χ0v) is 9.21. The van der Waals surface area contributed by atoms with Gasteiger partial charge in [-0.3, -0.25) is 4.79 Å². The lowest BCUT2D eigenvalue weighted by Gasteiger charge is -2.17. The molecule has 0 saturated carbocycles. The number of aliphatic hydroxyl groups is 1. The second-order valence-corrected chi connectivity index (χ2v) is 4.40. The van der Waals surface area contributed by atoms with Crippen LogP contribution in [0.1, 0.15) is 29.8 Å². The average Bonchev–Trinajstić information content (AvgIpc) is 2.01. The fourth-order valence-corrected chi connectivity index (χ4v) is 1.45. The summed E-state index contributed by atoms with van der Waals surface area (Å²) < 4.78 is 0. The van der Waals surface area contributed by atoms with Crippen molar-refractivity contribution in [3.05, 3.63) is 35.4 Å². The molecule has 0 unspecified atom stereocenters. The molecule has 0 bridgehead atoms. The molecule has 1 aromatic carbocycles. The molecule has 0 atom stereocenters. The summed E-state index contributed by atoms with van der Waals surface area (Å²) in [5, 5.41) is 9.35. The lowest BCUT2D eigenvalue weighted by Crippen LogP contribution is -2.21. The topological polar surface area (TPSA) is 37.3 Å². The Morgan fingerprint density at radius 1 is 1.50 bits per heavy atom. The zero-order chi connectivity index (χ0) is 10.8. The Balaban J connectivity index is 2.89. The fraction of sp³-hybridized carbons (Fsp3) is 0.364. The lowest BCUT2D eigenvalue weighted by molar-refractivity contribution is 0.0809. The third-order valence-electron chi connectivity index (χ3n) is 1.81. The van der Waals surface area contributed by atoms with E-state index in [1.54, 1.807) is 32.0 Å². The van der Waals surface area contributed by atoms with Crippen molar-refractivity contribution in [3.8, 4) is 0 Å². The number of benzene rings is 1. The van der Waals surface area contributed by atoms with Crippen LogP contribution in [0.15, 0.2) is 24.3 Å². The predicted octanol–water partition coefficient (Wildman–Crippen LogP) is 2.07. The summed E-state index contributed by atoms with van der Waals surface area (Å²) in [6.45, 7) is 3.48. The first kappa shape index (κ1) is 11.3. The van der Waals surface area contributed by atoms with Crippen molar-refractivity contribution in [2.24, 2.45) is 0 Å². The van der Waals surface area contributed by atoms with Gasteiger partial charge >= 0.3 is 0 Å². The first-order chi connectivity index (χ1) is 6.38. The van der Waals surface area contributed by atoms with Gasteiger partial charge in [-0.1, -0.05) is 18.2 Å². The van der Waals surface area contributed by atoms with Crippen LogP contribution in [0.3, 0.4) is 0 Å². The van der Waals surface area contributed by atoms with Crippen LogP contribution in [-0.4, -0.2) is 15.8 Å². The third-order valence-corrected chi connectivity index (χ3v) is 2.07. The highest BCUT2D eigenvalue weighted by molar-refractivity contribution is 7.97. The van der Waals surface area contributed by atoms with Crippen molar-refractivity contribution in [1.29, 1.82) is 0 Å². The smallest absolute Gasteiger partial charge is 0.216 e. The van der Waals surface area contributed by atoms with E-state index in [-0.39, 0.29) is 5.12 Å². The second kappa shape index (κ2) is 4.15. The van der Waals surface area contributed by atoms with Crippen LogP contribution in [0.2, 0.25) is 0 Å². The Morgan fingerprint density at radius 3 is 2.64 bits per heavy atom. The number of hydrogen-bond acceptors (Lipinski definition) is 2. The van der Waals surface area contributed by atoms with Crippen molar-refractivity contribution in [2.75, 3.05) is 0 Å². The van der Waals surface area contributed by atoms with Crippen LogP contribution in [0.25, 0.3) is 0 Å². The van der Waals surface area contributed by atoms with E-state index in [4.69, 9.17) is 0 Å². The van der Waals surface area contributed by atoms with Crippen LogP contribution >= 0.6 is 12.6 Å². The summed E-state index contributed by atoms with van der Waals surface area (Å²) in [7, 11) is 0. The molecule has 0 aliphatic carbocycles. The van der Waals surface area contributed by atoms with Crippen LogP contribution in [0, 0.1) is 0 Å². The molecule has 0 saturated heterocycles. The largest absolute Gasteiger partial charge is 0.390 e. The van der Waals surface area contributed by atoms with Gasteiger partial charge in [-0.15, -0.1) is 12.6 Å². The van der Waals surface area contributed by atoms with Gasteiger partial charge in [0.25, 0.3) is 0 Å². The van der Waals surface area contributed by atoms with Crippen LogP contribution in [-0.2, 0) is 6.42 Å². The van der Waals surface area contributed by atoms with Gasteiger partial charge in [-0.25, -0.2) is 0 Å². The minimum absolute atomic E-state index is 0.248. The summed E-state index contributed by atoms with van der Waals surface area (Å²) in [6, 6.07) is 7.15. The van der Waals surface area contributed by atoms with E-state index in [0.717, 1.165) is 5.56 Å². The maximum Gasteiger partial charge on any atom is 0.216 e. The summed E-state index contributed by atoms with van der Waals surface area (Å²) >= 11 is 3.74. The molecule has 76 valence electrons. The molecule has 2 nitrogen and oxygen atoms in total. The van der Waals surface area contributed by atoms with Gasteiger partial charge in [-0.2, -0.15) is 0 Å². The molecular weight excluding hydrogens is 196 g/mol. The van der Waals surface area contributed by atoms with Gasteiger partial charge in [0, 0.05) is 12.0 Å². The average molecular weight is 210 g/mol. The molecule has 1 rings (SSSR count). The quantitative estimate of drug-likeness (QED) is 0.749. The summed E-state index contributed by atoms with van der Waals surface area (Å²) in [5.74, 6) is 0. The molecule has 0 aliphatic heterocycles. The van der Waals surface area contributed by atoms with Gasteiger partial charge in [-0.05, 0) is 25.5 Å². The molecule has 0 amide bonds. The molecule has 0 aliphatic rings. The molecule has 0 heterocycles. The highest BCUT2D eigenvalue weighted by atomic mass is 32.1. The van der Waals surface area contributed by atoms with E-state index in [2.05, 4.69) is 12.6 Å². The van der Waals surface area contributed by atoms with E-state index < -0.39 is 5.60 Å². The van der Waals surface area contributed by atoms with Crippen molar-refractivity contribution < 1.29 is 9.90 Å². The van der Waals surface area contributed by atoms with Gasteiger partial charge < -0.3 is 5.11 Å². The van der Waals surface area contributed by atoms with Crippen molar-refractivity contribution in [2.45, 2.75) is 25.9 Å². The monoisotopic (exact) mass is 210 g/mol. The number of carbonyl (C=O) groups excluding carboxylic acids is 1. The molecule has 3 heteroatoms. The number of hydrogen-bond donors (Lipinski definition) is 2. The van der Waals surface area contributed by atoms with Gasteiger partial charge in [0.2, 0.25) is 5.12 Å². The van der Waals surface area contributed by atoms with Crippen molar-refractivity contribution >= 4 is 17.7 Å². The fourth-order valence-electron chi connectivity index (χ4n) is 1.31. The highest BCUT2D eigenvalue weighted by Crippen LogP contribution is 2.14. The SMILES string of the molecule is CC(C)(O)Cc1cccc(C(=O)S)c1. The minimum Gasteiger partial charge on any atom is -0.390 e. The minimum atomic E-state index is -0.752. The molecule has 0 aromatic heterocycles. The molecular formula is C11H14O2S. The van der Waals surface area contributed by atoms with Crippen LogP contribution in [0.5, 0.6) is 0 Å². The van der Waals surface area contributed by atoms with Crippen LogP contribution < -0.4 is 0 Å². The van der Waals surface area contributed by atoms with E-state index in [0.29, 0.717) is 12.0 Å². The van der Waals surface area contributed by atoms with Crippen molar-refractivity contribution in [3.63, 3.8) is 0 Å². The second-order valence-electron chi connectivity index (χ2n) is 3.99. The Hall–Kier alpha value is -0.800. The Bertz CT molecular complexity index is 339. The first-order valence-corrected chi connectivity index (χ1v) is 4.88. The standard InChI is InChI=1S/C11H14O2S/c1-11(2,13)7-8-4-3-5-9(6-8)10(12)14/h3-6,13H,7H2,1-2H3,(H,12,14). The van der Waals surface area contributed by atoms with Gasteiger partial charge in [0.05, 0.1) is 5.60 Å². The predicted molar refractivity (Wildman–Crippen MR) is 59.8 cm³/mol. The molecule has 0 spiro atoms. The molecule has 0 fully saturated rings. The number of carbonyl (C=O) groups is 1. The van der Waals surface area contributed by atoms with E-state index >= 15 is 0 Å². The van der Waals surface area contributed by atoms with E-state index in [1.165, 1.54) is 0 Å². The Morgan fingerprint density at radius 2 is 2.14 bits per heavy atom. The van der Waals surface area contributed by atoms with E-state index in [1.807, 2.05) is 6.07 Å². The normalized spacial score (nSPS) is 11.4. The lowest BCUT2D eigenvalue weighted by atomic mass is 9.98. The molecule has 14 heavy (non-hydrogen) atoms. The first-order valence-electron chi connectivity index (χ1n) is 4.43. The Kier molecular flexibility index (Phi) is 3.34. The number of rotatable bonds is 3. The third kappa shape index (κ3) is 3.52. The molecule has 0 radical (unpaired) electrons. The van der Waals surface area contributed by atoms with Gasteiger partial charge in [0.1, 0.15) is 0 Å². The van der Waals surface area contributed by atoms with Gasteiger partial charge in [0.15, 0.2) is 0 Å².